The summed E-state index contributed by atoms with van der Waals surface area (Å²) in [5, 5.41) is 0. The Morgan fingerprint density at radius 2 is 1.89 bits per heavy atom. The molecule has 0 amide bonds. The number of esters is 1. The molecule has 0 aliphatic rings. The van der Waals surface area contributed by atoms with Gasteiger partial charge >= 0.3 is 12.6 Å². The van der Waals surface area contributed by atoms with E-state index >= 15 is 0 Å². The number of hydrogen-bond acceptors (Lipinski definition) is 4. The number of carbonyl (C=O) groups excluding carboxylic acids is 2. The van der Waals surface area contributed by atoms with Crippen molar-refractivity contribution in [1.82, 2.24) is 0 Å². The number of alkyl halides is 2. The molecule has 0 aromatic heterocycles. The van der Waals surface area contributed by atoms with E-state index in [1.54, 1.807) is 0 Å². The highest BCUT2D eigenvalue weighted by atomic mass is 19.3. The van der Waals surface area contributed by atoms with E-state index in [1.807, 2.05) is 0 Å². The van der Waals surface area contributed by atoms with Gasteiger partial charge in [0, 0.05) is 6.42 Å². The number of ether oxygens (including phenoxy) is 2. The molecule has 6 heteroatoms. The van der Waals surface area contributed by atoms with Crippen molar-refractivity contribution in [3.63, 3.8) is 0 Å². The van der Waals surface area contributed by atoms with Crippen molar-refractivity contribution >= 4 is 11.8 Å². The SMILES string of the molecule is COC(=O)CCC(=O)c1ccccc1OC(F)F. The summed E-state index contributed by atoms with van der Waals surface area (Å²) in [5.41, 5.74) is 0.0294. The first-order valence-electron chi connectivity index (χ1n) is 5.18. The molecular formula is C12H12F2O4. The van der Waals surface area contributed by atoms with Crippen molar-refractivity contribution in [2.24, 2.45) is 0 Å². The topological polar surface area (TPSA) is 52.6 Å². The largest absolute Gasteiger partial charge is 0.469 e. The predicted molar refractivity (Wildman–Crippen MR) is 58.7 cm³/mol. The van der Waals surface area contributed by atoms with Crippen LogP contribution >= 0.6 is 0 Å². The van der Waals surface area contributed by atoms with E-state index in [0.717, 1.165) is 0 Å². The van der Waals surface area contributed by atoms with Crippen LogP contribution in [0.25, 0.3) is 0 Å². The fourth-order valence-electron chi connectivity index (χ4n) is 1.35. The quantitative estimate of drug-likeness (QED) is 0.581. The number of carbonyl (C=O) groups is 2. The minimum Gasteiger partial charge on any atom is -0.469 e. The number of Topliss-reactive ketones (excluding diaryl/α,β-unsaturated/α-hetero) is 1. The lowest BCUT2D eigenvalue weighted by atomic mass is 10.1. The maximum absolute atomic E-state index is 12.1. The predicted octanol–water partition coefficient (Wildman–Crippen LogP) is 2.42. The van der Waals surface area contributed by atoms with E-state index in [9.17, 15) is 18.4 Å². The van der Waals surface area contributed by atoms with Crippen molar-refractivity contribution in [2.75, 3.05) is 7.11 Å². The van der Waals surface area contributed by atoms with Crippen molar-refractivity contribution in [3.05, 3.63) is 29.8 Å². The third-order valence-electron chi connectivity index (χ3n) is 2.19. The van der Waals surface area contributed by atoms with Gasteiger partial charge in [-0.2, -0.15) is 8.78 Å². The van der Waals surface area contributed by atoms with Crippen LogP contribution in [0.3, 0.4) is 0 Å². The third kappa shape index (κ3) is 4.12. The second-order valence-corrected chi connectivity index (χ2v) is 3.37. The second kappa shape index (κ2) is 6.68. The van der Waals surface area contributed by atoms with Gasteiger partial charge in [0.2, 0.25) is 0 Å². The molecule has 0 spiro atoms. The standard InChI is InChI=1S/C12H12F2O4/c1-17-11(16)7-6-9(15)8-4-2-3-5-10(8)18-12(13)14/h2-5,12H,6-7H2,1H3. The third-order valence-corrected chi connectivity index (χ3v) is 2.19. The second-order valence-electron chi connectivity index (χ2n) is 3.37. The molecule has 0 saturated heterocycles. The van der Waals surface area contributed by atoms with E-state index in [1.165, 1.54) is 31.4 Å². The fourth-order valence-corrected chi connectivity index (χ4v) is 1.35. The number of hydrogen-bond donors (Lipinski definition) is 0. The average molecular weight is 258 g/mol. The summed E-state index contributed by atoms with van der Waals surface area (Å²) in [6.07, 6.45) is -0.214. The van der Waals surface area contributed by atoms with Crippen LogP contribution in [0, 0.1) is 0 Å². The van der Waals surface area contributed by atoms with Crippen molar-refractivity contribution in [1.29, 1.82) is 0 Å². The summed E-state index contributed by atoms with van der Waals surface area (Å²) < 4.78 is 32.9. The zero-order valence-electron chi connectivity index (χ0n) is 9.69. The number of methoxy groups -OCH3 is 1. The molecule has 1 rings (SSSR count). The molecule has 98 valence electrons. The summed E-state index contributed by atoms with van der Waals surface area (Å²) in [7, 11) is 1.21. The van der Waals surface area contributed by atoms with Crippen LogP contribution in [0.2, 0.25) is 0 Å². The summed E-state index contributed by atoms with van der Waals surface area (Å²) in [5.74, 6) is -1.17. The molecule has 0 unspecified atom stereocenters. The van der Waals surface area contributed by atoms with Crippen LogP contribution in [0.5, 0.6) is 5.75 Å². The Morgan fingerprint density at radius 3 is 2.50 bits per heavy atom. The van der Waals surface area contributed by atoms with Gasteiger partial charge in [0.1, 0.15) is 5.75 Å². The highest BCUT2D eigenvalue weighted by Crippen LogP contribution is 2.22. The van der Waals surface area contributed by atoms with Crippen LogP contribution in [-0.2, 0) is 9.53 Å². The number of benzene rings is 1. The van der Waals surface area contributed by atoms with Crippen molar-refractivity contribution in [3.8, 4) is 5.75 Å². The van der Waals surface area contributed by atoms with E-state index in [4.69, 9.17) is 0 Å². The molecule has 0 radical (unpaired) electrons. The average Bonchev–Trinajstić information content (AvgIpc) is 2.35. The lowest BCUT2D eigenvalue weighted by molar-refractivity contribution is -0.140. The van der Waals surface area contributed by atoms with Crippen LogP contribution in [0.15, 0.2) is 24.3 Å². The van der Waals surface area contributed by atoms with Gasteiger partial charge < -0.3 is 9.47 Å². The molecule has 0 bridgehead atoms. The Balaban J connectivity index is 2.75. The van der Waals surface area contributed by atoms with E-state index < -0.39 is 18.4 Å². The van der Waals surface area contributed by atoms with Gasteiger partial charge in [0.25, 0.3) is 0 Å². The molecule has 4 nitrogen and oxygen atoms in total. The normalized spacial score (nSPS) is 10.2. The molecule has 0 atom stereocenters. The number of para-hydroxylation sites is 1. The van der Waals surface area contributed by atoms with E-state index in [-0.39, 0.29) is 24.2 Å². The highest BCUT2D eigenvalue weighted by Gasteiger charge is 2.16. The highest BCUT2D eigenvalue weighted by molar-refractivity contribution is 5.99. The Morgan fingerprint density at radius 1 is 1.22 bits per heavy atom. The zero-order chi connectivity index (χ0) is 13.5. The van der Waals surface area contributed by atoms with Crippen LogP contribution in [-0.4, -0.2) is 25.5 Å². The maximum atomic E-state index is 12.1. The fraction of sp³-hybridized carbons (Fsp3) is 0.333. The van der Waals surface area contributed by atoms with Gasteiger partial charge in [-0.3, -0.25) is 9.59 Å². The Hall–Kier alpha value is -1.98. The molecule has 0 saturated carbocycles. The Bertz CT molecular complexity index is 432. The molecule has 18 heavy (non-hydrogen) atoms. The van der Waals surface area contributed by atoms with Crippen molar-refractivity contribution in [2.45, 2.75) is 19.5 Å². The zero-order valence-corrected chi connectivity index (χ0v) is 9.69. The summed E-state index contributed by atoms with van der Waals surface area (Å²) >= 11 is 0. The molecule has 0 aliphatic heterocycles. The molecular weight excluding hydrogens is 246 g/mol. The lowest BCUT2D eigenvalue weighted by Crippen LogP contribution is -2.10. The Kier molecular flexibility index (Phi) is 5.23. The smallest absolute Gasteiger partial charge is 0.387 e. The molecule has 0 N–H and O–H groups in total. The molecule has 1 aromatic rings. The first-order valence-corrected chi connectivity index (χ1v) is 5.18. The van der Waals surface area contributed by atoms with Gasteiger partial charge in [-0.05, 0) is 12.1 Å². The minimum absolute atomic E-state index is 0.0294. The number of rotatable bonds is 6. The Labute approximate surface area is 103 Å². The molecule has 0 aliphatic carbocycles. The van der Waals surface area contributed by atoms with Gasteiger partial charge in [-0.1, -0.05) is 12.1 Å². The number of halogens is 2. The molecule has 0 heterocycles. The van der Waals surface area contributed by atoms with Gasteiger partial charge in [-0.25, -0.2) is 0 Å². The van der Waals surface area contributed by atoms with Crippen LogP contribution in [0.4, 0.5) is 8.78 Å². The van der Waals surface area contributed by atoms with Crippen molar-refractivity contribution < 1.29 is 27.8 Å². The molecule has 0 fully saturated rings. The summed E-state index contributed by atoms with van der Waals surface area (Å²) in [6, 6.07) is 5.66. The summed E-state index contributed by atoms with van der Waals surface area (Å²) in [4.78, 5) is 22.6. The number of ketones is 1. The minimum atomic E-state index is -3.00. The first-order chi connectivity index (χ1) is 8.54. The van der Waals surface area contributed by atoms with Crippen LogP contribution < -0.4 is 4.74 Å². The maximum Gasteiger partial charge on any atom is 0.387 e. The van der Waals surface area contributed by atoms with Crippen LogP contribution in [0.1, 0.15) is 23.2 Å². The lowest BCUT2D eigenvalue weighted by Gasteiger charge is -2.09. The first kappa shape index (κ1) is 14.1. The van der Waals surface area contributed by atoms with Gasteiger partial charge in [0.05, 0.1) is 19.1 Å². The van der Waals surface area contributed by atoms with Gasteiger partial charge in [-0.15, -0.1) is 0 Å². The monoisotopic (exact) mass is 258 g/mol. The summed E-state index contributed by atoms with van der Waals surface area (Å²) in [6.45, 7) is -3.00. The van der Waals surface area contributed by atoms with E-state index in [0.29, 0.717) is 0 Å². The van der Waals surface area contributed by atoms with E-state index in [2.05, 4.69) is 9.47 Å². The van der Waals surface area contributed by atoms with Gasteiger partial charge in [0.15, 0.2) is 5.78 Å². The molecule has 1 aromatic carbocycles.